The highest BCUT2D eigenvalue weighted by Gasteiger charge is 2.22. The van der Waals surface area contributed by atoms with Crippen LogP contribution in [0.4, 0.5) is 4.39 Å². The Morgan fingerprint density at radius 1 is 1.18 bits per heavy atom. The number of carbonyl (C=O) groups is 1. The van der Waals surface area contributed by atoms with E-state index in [9.17, 15) is 9.18 Å². The van der Waals surface area contributed by atoms with Crippen LogP contribution in [0, 0.1) is 5.82 Å². The van der Waals surface area contributed by atoms with Crippen LogP contribution in [0.25, 0.3) is 0 Å². The van der Waals surface area contributed by atoms with E-state index in [2.05, 4.69) is 10.3 Å². The fourth-order valence-corrected chi connectivity index (χ4v) is 2.99. The van der Waals surface area contributed by atoms with Gasteiger partial charge in [-0.15, -0.1) is 0 Å². The molecule has 146 valence electrons. The number of carbonyl (C=O) groups excluding carboxylic acids is 1. The molecule has 3 rings (SSSR count). The van der Waals surface area contributed by atoms with Crippen molar-refractivity contribution in [1.82, 2.24) is 14.9 Å². The number of rotatable bonds is 7. The van der Waals surface area contributed by atoms with E-state index in [0.717, 1.165) is 5.56 Å². The van der Waals surface area contributed by atoms with Crippen LogP contribution in [0.2, 0.25) is 0 Å². The second-order valence-electron chi connectivity index (χ2n) is 6.35. The lowest BCUT2D eigenvalue weighted by Crippen LogP contribution is -2.32. The lowest BCUT2D eigenvalue weighted by molar-refractivity contribution is -0.121. The fraction of sp³-hybridized carbons (Fsp3) is 0.238. The summed E-state index contributed by atoms with van der Waals surface area (Å²) in [5, 5.41) is 2.99. The Balaban J connectivity index is 1.92. The molecular formula is C21H22FN3O3. The normalized spacial score (nSPS) is 11.7. The summed E-state index contributed by atoms with van der Waals surface area (Å²) in [7, 11) is 4.99. The quantitative estimate of drug-likeness (QED) is 0.681. The Morgan fingerprint density at radius 3 is 2.46 bits per heavy atom. The van der Waals surface area contributed by atoms with Crippen LogP contribution >= 0.6 is 0 Å². The number of methoxy groups -OCH3 is 2. The molecule has 1 N–H and O–H groups in total. The molecule has 1 unspecified atom stereocenters. The van der Waals surface area contributed by atoms with E-state index < -0.39 is 6.04 Å². The molecular weight excluding hydrogens is 361 g/mol. The van der Waals surface area contributed by atoms with Crippen LogP contribution in [-0.2, 0) is 18.3 Å². The van der Waals surface area contributed by atoms with Crippen LogP contribution in [0.1, 0.15) is 23.0 Å². The average molecular weight is 383 g/mol. The summed E-state index contributed by atoms with van der Waals surface area (Å²) >= 11 is 0. The average Bonchev–Trinajstić information content (AvgIpc) is 3.11. The van der Waals surface area contributed by atoms with Gasteiger partial charge in [-0.1, -0.05) is 12.1 Å². The van der Waals surface area contributed by atoms with Gasteiger partial charge in [-0.2, -0.15) is 0 Å². The summed E-state index contributed by atoms with van der Waals surface area (Å²) in [6, 6.07) is 10.9. The van der Waals surface area contributed by atoms with Crippen LogP contribution in [0.15, 0.2) is 54.9 Å². The maximum atomic E-state index is 13.4. The standard InChI is InChI=1S/C21H22FN3O3/c1-25-8-7-23-21(25)20(15-11-17(27-2)13-18(12-15)28-3)24-19(26)10-14-5-4-6-16(22)9-14/h4-9,11-13,20H,10H2,1-3H3,(H,24,26). The second kappa shape index (κ2) is 8.56. The van der Waals surface area contributed by atoms with E-state index in [1.165, 1.54) is 12.1 Å². The number of hydrogen-bond donors (Lipinski definition) is 1. The Labute approximate surface area is 162 Å². The van der Waals surface area contributed by atoms with Crippen LogP contribution in [0.5, 0.6) is 11.5 Å². The minimum absolute atomic E-state index is 0.0553. The molecule has 3 aromatic rings. The lowest BCUT2D eigenvalue weighted by Gasteiger charge is -2.20. The van der Waals surface area contributed by atoms with Crippen molar-refractivity contribution in [2.24, 2.45) is 7.05 Å². The van der Waals surface area contributed by atoms with Gasteiger partial charge in [0.15, 0.2) is 0 Å². The molecule has 0 saturated carbocycles. The number of imidazole rings is 1. The molecule has 7 heteroatoms. The number of ether oxygens (including phenoxy) is 2. The van der Waals surface area contributed by atoms with Crippen molar-refractivity contribution < 1.29 is 18.7 Å². The molecule has 0 radical (unpaired) electrons. The van der Waals surface area contributed by atoms with E-state index in [4.69, 9.17) is 9.47 Å². The van der Waals surface area contributed by atoms with Gasteiger partial charge in [-0.05, 0) is 35.4 Å². The first-order valence-corrected chi connectivity index (χ1v) is 8.74. The zero-order chi connectivity index (χ0) is 20.1. The Morgan fingerprint density at radius 2 is 1.89 bits per heavy atom. The van der Waals surface area contributed by atoms with Gasteiger partial charge in [0.05, 0.1) is 20.6 Å². The van der Waals surface area contributed by atoms with E-state index in [1.807, 2.05) is 23.7 Å². The van der Waals surface area contributed by atoms with Crippen molar-refractivity contribution in [1.29, 1.82) is 0 Å². The highest BCUT2D eigenvalue weighted by molar-refractivity contribution is 5.79. The van der Waals surface area contributed by atoms with Crippen molar-refractivity contribution >= 4 is 5.91 Å². The van der Waals surface area contributed by atoms with Gasteiger partial charge < -0.3 is 19.4 Å². The molecule has 0 spiro atoms. The first-order chi connectivity index (χ1) is 13.5. The van der Waals surface area contributed by atoms with Crippen molar-refractivity contribution in [3.05, 3.63) is 77.6 Å². The molecule has 0 aliphatic heterocycles. The number of benzene rings is 2. The molecule has 0 saturated heterocycles. The van der Waals surface area contributed by atoms with E-state index in [1.54, 1.807) is 44.8 Å². The van der Waals surface area contributed by atoms with Crippen molar-refractivity contribution in [2.45, 2.75) is 12.5 Å². The van der Waals surface area contributed by atoms with E-state index in [0.29, 0.717) is 22.9 Å². The summed E-state index contributed by atoms with van der Waals surface area (Å²) in [6.07, 6.45) is 3.52. The van der Waals surface area contributed by atoms with Gasteiger partial charge in [0, 0.05) is 25.5 Å². The number of aromatic nitrogens is 2. The summed E-state index contributed by atoms with van der Waals surface area (Å²) < 4.78 is 25.9. The largest absolute Gasteiger partial charge is 0.497 e. The summed E-state index contributed by atoms with van der Waals surface area (Å²) in [6.45, 7) is 0. The number of hydrogen-bond acceptors (Lipinski definition) is 4. The molecule has 0 fully saturated rings. The predicted molar refractivity (Wildman–Crippen MR) is 103 cm³/mol. The molecule has 1 aromatic heterocycles. The molecule has 1 amide bonds. The summed E-state index contributed by atoms with van der Waals surface area (Å²) in [4.78, 5) is 17.1. The van der Waals surface area contributed by atoms with E-state index in [-0.39, 0.29) is 18.1 Å². The maximum Gasteiger partial charge on any atom is 0.225 e. The maximum absolute atomic E-state index is 13.4. The summed E-state index contributed by atoms with van der Waals surface area (Å²) in [5.74, 6) is 1.24. The number of aryl methyl sites for hydroxylation is 1. The fourth-order valence-electron chi connectivity index (χ4n) is 2.99. The molecule has 1 atom stereocenters. The van der Waals surface area contributed by atoms with E-state index >= 15 is 0 Å². The van der Waals surface area contributed by atoms with Crippen LogP contribution in [-0.4, -0.2) is 29.7 Å². The minimum Gasteiger partial charge on any atom is -0.497 e. The lowest BCUT2D eigenvalue weighted by atomic mass is 10.0. The minimum atomic E-state index is -0.523. The zero-order valence-corrected chi connectivity index (χ0v) is 16.0. The number of nitrogens with zero attached hydrogens (tertiary/aromatic N) is 2. The zero-order valence-electron chi connectivity index (χ0n) is 16.0. The van der Waals surface area contributed by atoms with Gasteiger partial charge in [0.1, 0.15) is 29.2 Å². The van der Waals surface area contributed by atoms with Gasteiger partial charge in [-0.3, -0.25) is 4.79 Å². The molecule has 0 bridgehead atoms. The van der Waals surface area contributed by atoms with Crippen LogP contribution < -0.4 is 14.8 Å². The Kier molecular flexibility index (Phi) is 5.93. The molecule has 0 aliphatic carbocycles. The third-order valence-corrected chi connectivity index (χ3v) is 4.38. The first kappa shape index (κ1) is 19.4. The highest BCUT2D eigenvalue weighted by Crippen LogP contribution is 2.29. The number of amides is 1. The van der Waals surface area contributed by atoms with Gasteiger partial charge in [0.25, 0.3) is 0 Å². The molecule has 6 nitrogen and oxygen atoms in total. The van der Waals surface area contributed by atoms with Crippen molar-refractivity contribution in [3.8, 4) is 11.5 Å². The molecule has 2 aromatic carbocycles. The molecule has 0 aliphatic rings. The smallest absolute Gasteiger partial charge is 0.225 e. The third-order valence-electron chi connectivity index (χ3n) is 4.38. The first-order valence-electron chi connectivity index (χ1n) is 8.74. The third kappa shape index (κ3) is 4.49. The van der Waals surface area contributed by atoms with Gasteiger partial charge in [0.2, 0.25) is 5.91 Å². The molecule has 28 heavy (non-hydrogen) atoms. The SMILES string of the molecule is COc1cc(OC)cc(C(NC(=O)Cc2cccc(F)c2)c2nccn2C)c1. The Hall–Kier alpha value is -3.35. The number of nitrogens with one attached hydrogen (secondary N) is 1. The van der Waals surface area contributed by atoms with Gasteiger partial charge in [-0.25, -0.2) is 9.37 Å². The topological polar surface area (TPSA) is 65.4 Å². The highest BCUT2D eigenvalue weighted by atomic mass is 19.1. The van der Waals surface area contributed by atoms with Crippen LogP contribution in [0.3, 0.4) is 0 Å². The summed E-state index contributed by atoms with van der Waals surface area (Å²) in [5.41, 5.74) is 1.36. The monoisotopic (exact) mass is 383 g/mol. The Bertz CT molecular complexity index is 949. The second-order valence-corrected chi connectivity index (χ2v) is 6.35. The molecule has 1 heterocycles. The van der Waals surface area contributed by atoms with Gasteiger partial charge >= 0.3 is 0 Å². The number of halogens is 1. The van der Waals surface area contributed by atoms with Crippen molar-refractivity contribution in [2.75, 3.05) is 14.2 Å². The van der Waals surface area contributed by atoms with Crippen molar-refractivity contribution in [3.63, 3.8) is 0 Å². The predicted octanol–water partition coefficient (Wildman–Crippen LogP) is 3.02.